The van der Waals surface area contributed by atoms with E-state index in [1.54, 1.807) is 6.07 Å². The van der Waals surface area contributed by atoms with Crippen molar-refractivity contribution in [1.29, 1.82) is 0 Å². The van der Waals surface area contributed by atoms with Crippen LogP contribution in [0.5, 0.6) is 5.75 Å². The summed E-state index contributed by atoms with van der Waals surface area (Å²) in [6.07, 6.45) is 5.91. The maximum absolute atomic E-state index is 13.8. The molecule has 2 heterocycles. The van der Waals surface area contributed by atoms with Crippen LogP contribution in [0.4, 0.5) is 4.39 Å². The summed E-state index contributed by atoms with van der Waals surface area (Å²) in [6.45, 7) is 3.00. The lowest BCUT2D eigenvalue weighted by atomic mass is 9.95. The van der Waals surface area contributed by atoms with E-state index >= 15 is 0 Å². The second-order valence-corrected chi connectivity index (χ2v) is 6.65. The van der Waals surface area contributed by atoms with E-state index in [0.29, 0.717) is 18.7 Å². The van der Waals surface area contributed by atoms with Crippen LogP contribution in [-0.2, 0) is 0 Å². The third-order valence-corrected chi connectivity index (χ3v) is 3.87. The Morgan fingerprint density at radius 3 is 2.67 bits per heavy atom. The van der Waals surface area contributed by atoms with Crippen LogP contribution in [0.1, 0.15) is 17.3 Å². The summed E-state index contributed by atoms with van der Waals surface area (Å²) in [7, 11) is -3.30. The smallest absolute Gasteiger partial charge is 0.169 e. The largest absolute Gasteiger partial charge is 0.494 e. The van der Waals surface area contributed by atoms with Crippen molar-refractivity contribution in [3.63, 3.8) is 0 Å². The summed E-state index contributed by atoms with van der Waals surface area (Å²) in [5.41, 5.74) is 1.49. The van der Waals surface area contributed by atoms with Crippen LogP contribution in [-0.4, -0.2) is 41.4 Å². The Hall–Kier alpha value is -2.30. The molecule has 0 spiro atoms. The summed E-state index contributed by atoms with van der Waals surface area (Å²) in [5.74, 6) is 0.131. The van der Waals surface area contributed by atoms with Crippen molar-refractivity contribution in [2.75, 3.05) is 20.2 Å². The average Bonchev–Trinajstić information content (AvgIpc) is 2.59. The maximum Gasteiger partial charge on any atom is 0.169 e. The molecule has 0 bridgehead atoms. The maximum atomic E-state index is 13.8. The van der Waals surface area contributed by atoms with E-state index in [1.165, 1.54) is 19.2 Å². The van der Waals surface area contributed by atoms with Crippen molar-refractivity contribution in [1.82, 2.24) is 4.90 Å². The van der Waals surface area contributed by atoms with Gasteiger partial charge in [0.1, 0.15) is 5.84 Å². The highest BCUT2D eigenvalue weighted by Crippen LogP contribution is 2.23. The SMILES string of the molecule is COc1ccc(C(=O)C2CN=C3C=C(C)C=CN3C2)cc1F.[O-][Cl+3]([O-])([O-])O. The number of methoxy groups -OCH3 is 1. The number of halogens is 2. The molecule has 146 valence electrons. The minimum Gasteiger partial charge on any atom is -0.494 e. The van der Waals surface area contributed by atoms with Crippen LogP contribution < -0.4 is 18.7 Å². The van der Waals surface area contributed by atoms with Crippen LogP contribution >= 0.6 is 0 Å². The van der Waals surface area contributed by atoms with E-state index in [0.717, 1.165) is 11.4 Å². The summed E-state index contributed by atoms with van der Waals surface area (Å²) in [5, 5.41) is 0. The zero-order valence-corrected chi connectivity index (χ0v) is 15.4. The lowest BCUT2D eigenvalue weighted by Crippen LogP contribution is -2.58. The van der Waals surface area contributed by atoms with Gasteiger partial charge >= 0.3 is 0 Å². The fourth-order valence-corrected chi connectivity index (χ4v) is 2.63. The van der Waals surface area contributed by atoms with Crippen LogP contribution in [0.2, 0.25) is 0 Å². The number of benzene rings is 1. The van der Waals surface area contributed by atoms with Crippen LogP contribution in [0.15, 0.2) is 47.1 Å². The number of ether oxygens (including phenoxy) is 1. The Morgan fingerprint density at radius 2 is 2.07 bits per heavy atom. The van der Waals surface area contributed by atoms with Gasteiger partial charge in [-0.15, -0.1) is 0 Å². The molecule has 27 heavy (non-hydrogen) atoms. The van der Waals surface area contributed by atoms with Gasteiger partial charge < -0.3 is 9.64 Å². The highest BCUT2D eigenvalue weighted by Gasteiger charge is 2.28. The normalized spacial score (nSPS) is 18.6. The fraction of sp³-hybridized carbons (Fsp3) is 0.294. The van der Waals surface area contributed by atoms with Crippen molar-refractivity contribution < 1.29 is 42.8 Å². The minimum absolute atomic E-state index is 0.0935. The summed E-state index contributed by atoms with van der Waals surface area (Å²) in [6, 6.07) is 4.31. The van der Waals surface area contributed by atoms with Crippen molar-refractivity contribution in [2.45, 2.75) is 6.92 Å². The van der Waals surface area contributed by atoms with Gasteiger partial charge in [0.15, 0.2) is 17.3 Å². The molecular formula is C17H18ClFN2O6. The fourth-order valence-electron chi connectivity index (χ4n) is 2.63. The molecule has 1 atom stereocenters. The van der Waals surface area contributed by atoms with Crippen LogP contribution in [0, 0.1) is 22.0 Å². The van der Waals surface area contributed by atoms with Crippen molar-refractivity contribution in [3.05, 3.63) is 53.5 Å². The molecule has 3 rings (SSSR count). The molecule has 0 aromatic heterocycles. The number of hydrogen-bond acceptors (Lipinski definition) is 8. The molecule has 0 radical (unpaired) electrons. The molecule has 1 unspecified atom stereocenters. The topological polar surface area (TPSA) is 131 Å². The van der Waals surface area contributed by atoms with E-state index in [9.17, 15) is 9.18 Å². The molecule has 10 heteroatoms. The summed E-state index contributed by atoms with van der Waals surface area (Å²) >= 11 is 0. The minimum atomic E-state index is -4.69. The Bertz CT molecular complexity index is 797. The van der Waals surface area contributed by atoms with E-state index in [2.05, 4.69) is 4.99 Å². The zero-order chi connectivity index (χ0) is 20.2. The van der Waals surface area contributed by atoms with E-state index in [-0.39, 0.29) is 17.5 Å². The third-order valence-electron chi connectivity index (χ3n) is 3.87. The van der Waals surface area contributed by atoms with E-state index in [4.69, 9.17) is 23.4 Å². The number of allylic oxidation sites excluding steroid dienone is 2. The van der Waals surface area contributed by atoms with Gasteiger partial charge in [-0.3, -0.25) is 9.79 Å². The molecule has 2 aliphatic heterocycles. The van der Waals surface area contributed by atoms with Gasteiger partial charge in [-0.25, -0.2) is 4.39 Å². The summed E-state index contributed by atoms with van der Waals surface area (Å²) in [4.78, 5) is 19.0. The summed E-state index contributed by atoms with van der Waals surface area (Å²) < 4.78 is 51.4. The number of rotatable bonds is 3. The van der Waals surface area contributed by atoms with Gasteiger partial charge in [0.25, 0.3) is 0 Å². The highest BCUT2D eigenvalue weighted by molar-refractivity contribution is 6.01. The second kappa shape index (κ2) is 8.59. The van der Waals surface area contributed by atoms with Gasteiger partial charge in [-0.1, -0.05) is 0 Å². The first-order chi connectivity index (χ1) is 12.6. The first-order valence-electron chi connectivity index (χ1n) is 7.77. The van der Waals surface area contributed by atoms with Crippen molar-refractivity contribution in [3.8, 4) is 5.75 Å². The number of fused-ring (bicyclic) bond motifs is 1. The molecular weight excluding hydrogens is 383 g/mol. The Kier molecular flexibility index (Phi) is 6.68. The third kappa shape index (κ3) is 6.12. The first-order valence-corrected chi connectivity index (χ1v) is 9.03. The van der Waals surface area contributed by atoms with Gasteiger partial charge in [0.05, 0.1) is 34.5 Å². The predicted molar refractivity (Wildman–Crippen MR) is 84.9 cm³/mol. The van der Waals surface area contributed by atoms with E-state index in [1.807, 2.05) is 30.2 Å². The van der Waals surface area contributed by atoms with Gasteiger partial charge in [-0.05, 0) is 42.8 Å². The molecule has 1 aromatic rings. The first kappa shape index (κ1) is 21.0. The average molecular weight is 401 g/mol. The number of amidine groups is 1. The predicted octanol–water partition coefficient (Wildman–Crippen LogP) is -1.30. The molecule has 1 aromatic carbocycles. The van der Waals surface area contributed by atoms with Crippen LogP contribution in [0.25, 0.3) is 0 Å². The number of nitrogens with zero attached hydrogens (tertiary/aromatic N) is 2. The molecule has 8 nitrogen and oxygen atoms in total. The Morgan fingerprint density at radius 1 is 1.41 bits per heavy atom. The lowest BCUT2D eigenvalue weighted by molar-refractivity contribution is -1.92. The van der Waals surface area contributed by atoms with Crippen molar-refractivity contribution >= 4 is 11.6 Å². The number of carbonyl (C=O) groups is 1. The lowest BCUT2D eigenvalue weighted by Gasteiger charge is -2.31. The van der Waals surface area contributed by atoms with Crippen molar-refractivity contribution in [2.24, 2.45) is 10.9 Å². The van der Waals surface area contributed by atoms with Gasteiger partial charge in [0.2, 0.25) is 0 Å². The molecule has 0 aliphatic carbocycles. The molecule has 0 saturated carbocycles. The Labute approximate surface area is 157 Å². The second-order valence-electron chi connectivity index (χ2n) is 5.86. The molecule has 0 amide bonds. The Balaban J connectivity index is 0.000000465. The highest BCUT2D eigenvalue weighted by atomic mass is 35.7. The molecule has 2 aliphatic rings. The molecule has 0 fully saturated rings. The molecule has 1 N–H and O–H groups in total. The van der Waals surface area contributed by atoms with Gasteiger partial charge in [-0.2, -0.15) is 14.0 Å². The number of aliphatic imine (C=N–C) groups is 1. The number of Topliss-reactive ketones (excluding diaryl/α,β-unsaturated/α-hetero) is 1. The standard InChI is InChI=1S/C17H17FN2O2.ClHO4/c1-11-5-6-20-10-13(9-19-16(20)7-11)17(21)12-3-4-15(22-2)14(18)8-12;2-1(3,4)5/h3-8,13H,9-10H2,1-2H3;(H,2,3,4,5). The monoisotopic (exact) mass is 400 g/mol. The zero-order valence-electron chi connectivity index (χ0n) is 14.6. The van der Waals surface area contributed by atoms with Gasteiger partial charge in [0, 0.05) is 18.3 Å². The quantitative estimate of drug-likeness (QED) is 0.623. The van der Waals surface area contributed by atoms with E-state index < -0.39 is 16.1 Å². The number of ketones is 1. The number of hydrogen-bond donors (Lipinski definition) is 1. The van der Waals surface area contributed by atoms with Crippen LogP contribution in [0.3, 0.4) is 0 Å². The number of carbonyl (C=O) groups excluding carboxylic acids is 1. The molecule has 0 saturated heterocycles.